The van der Waals surface area contributed by atoms with Crippen LogP contribution in [0.15, 0.2) is 18.2 Å². The molecule has 1 N–H and O–H groups in total. The number of hydrogen-bond donors (Lipinski definition) is 1. The average Bonchev–Trinajstić information content (AvgIpc) is 3.23. The molecule has 5 nitrogen and oxygen atoms in total. The third kappa shape index (κ3) is 2.43. The Bertz CT molecular complexity index is 732. The van der Waals surface area contributed by atoms with Crippen LogP contribution >= 0.6 is 0 Å². The second kappa shape index (κ2) is 6.60. The van der Waals surface area contributed by atoms with E-state index in [9.17, 15) is 9.59 Å². The molecular weight excluding hydrogens is 328 g/mol. The van der Waals surface area contributed by atoms with E-state index in [0.717, 1.165) is 56.3 Å². The van der Waals surface area contributed by atoms with Crippen LogP contribution in [0.4, 0.5) is 5.69 Å². The van der Waals surface area contributed by atoms with Gasteiger partial charge in [-0.1, -0.05) is 19.1 Å². The molecule has 3 aliphatic rings. The lowest BCUT2D eigenvalue weighted by Crippen LogP contribution is -2.45. The summed E-state index contributed by atoms with van der Waals surface area (Å²) in [5.74, 6) is -0.0518. The van der Waals surface area contributed by atoms with Crippen molar-refractivity contribution < 1.29 is 14.3 Å². The number of para-hydroxylation sites is 1. The largest absolute Gasteiger partial charge is 0.466 e. The number of nitrogens with one attached hydrogen (secondary N) is 1. The highest BCUT2D eigenvalue weighted by molar-refractivity contribution is 6.01. The van der Waals surface area contributed by atoms with Crippen LogP contribution in [0.3, 0.4) is 0 Å². The van der Waals surface area contributed by atoms with Crippen LogP contribution in [-0.4, -0.2) is 42.0 Å². The van der Waals surface area contributed by atoms with Gasteiger partial charge in [-0.15, -0.1) is 0 Å². The summed E-state index contributed by atoms with van der Waals surface area (Å²) >= 11 is 0. The van der Waals surface area contributed by atoms with E-state index in [4.69, 9.17) is 4.74 Å². The maximum atomic E-state index is 13.5. The first-order valence-electron chi connectivity index (χ1n) is 9.98. The van der Waals surface area contributed by atoms with Crippen LogP contribution < -0.4 is 5.32 Å². The van der Waals surface area contributed by atoms with E-state index in [2.05, 4.69) is 11.4 Å². The number of hydrogen-bond acceptors (Lipinski definition) is 4. The Morgan fingerprint density at radius 1 is 1.31 bits per heavy atom. The first-order chi connectivity index (χ1) is 12.6. The molecule has 0 unspecified atom stereocenters. The Hall–Kier alpha value is -2.04. The SMILES string of the molecule is CCOC(=O)[C@@]1(CC)C[C@H]2CC[C@@H]1N2C(=O)c1cccc2c1NCCC2. The van der Waals surface area contributed by atoms with Gasteiger partial charge in [-0.3, -0.25) is 9.59 Å². The monoisotopic (exact) mass is 356 g/mol. The van der Waals surface area contributed by atoms with Gasteiger partial charge in [-0.05, 0) is 57.1 Å². The van der Waals surface area contributed by atoms with Crippen LogP contribution in [0.2, 0.25) is 0 Å². The number of benzene rings is 1. The van der Waals surface area contributed by atoms with Crippen molar-refractivity contribution in [1.29, 1.82) is 0 Å². The van der Waals surface area contributed by atoms with Crippen molar-refractivity contribution in [2.75, 3.05) is 18.5 Å². The molecule has 26 heavy (non-hydrogen) atoms. The van der Waals surface area contributed by atoms with Crippen molar-refractivity contribution in [1.82, 2.24) is 4.90 Å². The van der Waals surface area contributed by atoms with Gasteiger partial charge in [-0.2, -0.15) is 0 Å². The Kier molecular flexibility index (Phi) is 4.41. The quantitative estimate of drug-likeness (QED) is 0.840. The Balaban J connectivity index is 1.67. The minimum atomic E-state index is -0.531. The van der Waals surface area contributed by atoms with Gasteiger partial charge in [-0.25, -0.2) is 0 Å². The second-order valence-corrected chi connectivity index (χ2v) is 7.76. The first-order valence-corrected chi connectivity index (χ1v) is 9.98. The number of amides is 1. The van der Waals surface area contributed by atoms with Gasteiger partial charge in [0.05, 0.1) is 23.3 Å². The molecule has 4 rings (SSSR count). The number of fused-ring (bicyclic) bond motifs is 3. The molecule has 0 aromatic heterocycles. The molecule has 3 atom stereocenters. The minimum Gasteiger partial charge on any atom is -0.466 e. The summed E-state index contributed by atoms with van der Waals surface area (Å²) in [6.45, 7) is 5.19. The number of rotatable bonds is 4. The summed E-state index contributed by atoms with van der Waals surface area (Å²) in [5, 5.41) is 3.42. The molecule has 1 amide bonds. The van der Waals surface area contributed by atoms with Crippen molar-refractivity contribution in [2.45, 2.75) is 64.5 Å². The minimum absolute atomic E-state index is 0.0384. The van der Waals surface area contributed by atoms with Gasteiger partial charge in [0.15, 0.2) is 0 Å². The smallest absolute Gasteiger partial charge is 0.314 e. The van der Waals surface area contributed by atoms with Crippen LogP contribution in [0.25, 0.3) is 0 Å². The standard InChI is InChI=1S/C21H28N2O3/c1-3-21(20(25)26-4-2)13-15-10-11-17(21)23(15)19(24)16-9-5-7-14-8-6-12-22-18(14)16/h5,7,9,15,17,22H,3-4,6,8,10-13H2,1-2H3/t15-,17+,21+/m1/s1. The third-order valence-electron chi connectivity index (χ3n) is 6.59. The van der Waals surface area contributed by atoms with Crippen molar-refractivity contribution in [3.63, 3.8) is 0 Å². The van der Waals surface area contributed by atoms with Crippen molar-refractivity contribution >= 4 is 17.6 Å². The van der Waals surface area contributed by atoms with Gasteiger partial charge in [0.1, 0.15) is 0 Å². The predicted molar refractivity (Wildman–Crippen MR) is 100 cm³/mol. The molecule has 1 aromatic carbocycles. The van der Waals surface area contributed by atoms with E-state index >= 15 is 0 Å². The van der Waals surface area contributed by atoms with Crippen LogP contribution in [0, 0.1) is 5.41 Å². The third-order valence-corrected chi connectivity index (χ3v) is 6.59. The summed E-state index contributed by atoms with van der Waals surface area (Å²) in [6, 6.07) is 6.12. The molecule has 1 aromatic rings. The topological polar surface area (TPSA) is 58.6 Å². The van der Waals surface area contributed by atoms with E-state index in [0.29, 0.717) is 6.61 Å². The van der Waals surface area contributed by atoms with Crippen molar-refractivity contribution in [3.05, 3.63) is 29.3 Å². The summed E-state index contributed by atoms with van der Waals surface area (Å²) < 4.78 is 5.41. The molecule has 0 radical (unpaired) electrons. The zero-order valence-corrected chi connectivity index (χ0v) is 15.7. The zero-order valence-electron chi connectivity index (χ0n) is 15.7. The van der Waals surface area contributed by atoms with Crippen molar-refractivity contribution in [3.8, 4) is 0 Å². The maximum Gasteiger partial charge on any atom is 0.314 e. The number of aryl methyl sites for hydroxylation is 1. The average molecular weight is 356 g/mol. The molecule has 2 fully saturated rings. The molecule has 3 aliphatic heterocycles. The van der Waals surface area contributed by atoms with Gasteiger partial charge >= 0.3 is 5.97 Å². The van der Waals surface area contributed by atoms with Crippen molar-refractivity contribution in [2.24, 2.45) is 5.41 Å². The number of nitrogens with zero attached hydrogens (tertiary/aromatic N) is 1. The zero-order chi connectivity index (χ0) is 18.3. The highest BCUT2D eigenvalue weighted by Crippen LogP contribution is 2.53. The Morgan fingerprint density at radius 2 is 2.15 bits per heavy atom. The molecule has 3 heterocycles. The lowest BCUT2D eigenvalue weighted by Gasteiger charge is -2.34. The number of ether oxygens (including phenoxy) is 1. The normalized spacial score (nSPS) is 29.2. The highest BCUT2D eigenvalue weighted by Gasteiger charge is 2.61. The van der Waals surface area contributed by atoms with Gasteiger partial charge < -0.3 is 15.0 Å². The molecule has 140 valence electrons. The Morgan fingerprint density at radius 3 is 2.92 bits per heavy atom. The van der Waals surface area contributed by atoms with Gasteiger partial charge in [0, 0.05) is 18.6 Å². The van der Waals surface area contributed by atoms with Crippen LogP contribution in [0.1, 0.15) is 61.9 Å². The molecule has 0 spiro atoms. The maximum absolute atomic E-state index is 13.5. The number of esters is 1. The summed E-state index contributed by atoms with van der Waals surface area (Å²) in [5.41, 5.74) is 2.44. The fourth-order valence-corrected chi connectivity index (χ4v) is 5.33. The van der Waals surface area contributed by atoms with E-state index in [-0.39, 0.29) is 24.0 Å². The van der Waals surface area contributed by atoms with Gasteiger partial charge in [0.25, 0.3) is 5.91 Å². The molecule has 2 saturated heterocycles. The second-order valence-electron chi connectivity index (χ2n) is 7.76. The number of anilines is 1. The fraction of sp³-hybridized carbons (Fsp3) is 0.619. The molecule has 0 saturated carbocycles. The summed E-state index contributed by atoms with van der Waals surface area (Å²) in [6.07, 6.45) is 5.45. The molecule has 2 bridgehead atoms. The van der Waals surface area contributed by atoms with E-state index < -0.39 is 5.41 Å². The molecular formula is C21H28N2O3. The number of carbonyl (C=O) groups excluding carboxylic acids is 2. The Labute approximate surface area is 155 Å². The van der Waals surface area contributed by atoms with E-state index in [1.807, 2.05) is 30.9 Å². The summed E-state index contributed by atoms with van der Waals surface area (Å²) in [4.78, 5) is 28.3. The molecule has 5 heteroatoms. The molecule has 0 aliphatic carbocycles. The fourth-order valence-electron chi connectivity index (χ4n) is 5.33. The van der Waals surface area contributed by atoms with E-state index in [1.54, 1.807) is 0 Å². The van der Waals surface area contributed by atoms with Crippen LogP contribution in [0.5, 0.6) is 0 Å². The lowest BCUT2D eigenvalue weighted by atomic mass is 9.72. The highest BCUT2D eigenvalue weighted by atomic mass is 16.5. The van der Waals surface area contributed by atoms with Gasteiger partial charge in [0.2, 0.25) is 0 Å². The number of carbonyl (C=O) groups is 2. The predicted octanol–water partition coefficient (Wildman–Crippen LogP) is 3.38. The summed E-state index contributed by atoms with van der Waals surface area (Å²) in [7, 11) is 0. The van der Waals surface area contributed by atoms with Crippen LogP contribution in [-0.2, 0) is 16.0 Å². The first kappa shape index (κ1) is 17.4. The van der Waals surface area contributed by atoms with E-state index in [1.165, 1.54) is 5.56 Å². The lowest BCUT2D eigenvalue weighted by molar-refractivity contribution is -0.157.